The van der Waals surface area contributed by atoms with E-state index in [1.165, 1.54) is 6.07 Å². The third kappa shape index (κ3) is 3.41. The van der Waals surface area contributed by atoms with Crippen molar-refractivity contribution in [1.82, 2.24) is 0 Å². The van der Waals surface area contributed by atoms with E-state index in [0.29, 0.717) is 11.1 Å². The summed E-state index contributed by atoms with van der Waals surface area (Å²) >= 11 is 0. The summed E-state index contributed by atoms with van der Waals surface area (Å²) in [6.45, 7) is 1.58. The maximum Gasteiger partial charge on any atom is 0.416 e. The van der Waals surface area contributed by atoms with Gasteiger partial charge in [-0.15, -0.1) is 0 Å². The second-order valence-electron chi connectivity index (χ2n) is 5.58. The van der Waals surface area contributed by atoms with Gasteiger partial charge in [0.05, 0.1) is 5.56 Å². The molecular weight excluding hydrogens is 265 g/mol. The molecule has 0 saturated heterocycles. The Morgan fingerprint density at radius 3 is 2.20 bits per heavy atom. The lowest BCUT2D eigenvalue weighted by Gasteiger charge is -2.15. The zero-order chi connectivity index (χ0) is 14.8. The second-order valence-corrected chi connectivity index (χ2v) is 5.58. The molecule has 1 aromatic carbocycles. The highest BCUT2D eigenvalue weighted by atomic mass is 19.4. The van der Waals surface area contributed by atoms with Crippen LogP contribution in [0.1, 0.15) is 60.0 Å². The summed E-state index contributed by atoms with van der Waals surface area (Å²) in [5.41, 5.74) is 0.186. The molecule has 1 saturated carbocycles. The van der Waals surface area contributed by atoms with Crippen LogP contribution in [0, 0.1) is 12.8 Å². The van der Waals surface area contributed by atoms with Gasteiger partial charge in [0.25, 0.3) is 0 Å². The van der Waals surface area contributed by atoms with E-state index in [1.807, 2.05) is 0 Å². The zero-order valence-corrected chi connectivity index (χ0v) is 11.6. The highest BCUT2D eigenvalue weighted by Gasteiger charge is 2.31. The van der Waals surface area contributed by atoms with Crippen molar-refractivity contribution in [3.8, 4) is 0 Å². The number of ketones is 1. The molecule has 1 fully saturated rings. The fourth-order valence-corrected chi connectivity index (χ4v) is 2.88. The fraction of sp³-hybridized carbons (Fsp3) is 0.562. The van der Waals surface area contributed by atoms with Gasteiger partial charge < -0.3 is 0 Å². The fourth-order valence-electron chi connectivity index (χ4n) is 2.88. The predicted octanol–water partition coefficient (Wildman–Crippen LogP) is 5.17. The molecule has 0 heterocycles. The largest absolute Gasteiger partial charge is 0.416 e. The summed E-state index contributed by atoms with van der Waals surface area (Å²) in [6, 6.07) is 3.42. The van der Waals surface area contributed by atoms with E-state index >= 15 is 0 Å². The van der Waals surface area contributed by atoms with Crippen LogP contribution in [0.2, 0.25) is 0 Å². The number of hydrogen-bond acceptors (Lipinski definition) is 1. The summed E-state index contributed by atoms with van der Waals surface area (Å²) in [7, 11) is 0. The predicted molar refractivity (Wildman–Crippen MR) is 71.7 cm³/mol. The van der Waals surface area contributed by atoms with Gasteiger partial charge in [-0.05, 0) is 37.5 Å². The number of halogens is 3. The van der Waals surface area contributed by atoms with Crippen LogP contribution in [-0.2, 0) is 6.18 Å². The lowest BCUT2D eigenvalue weighted by molar-refractivity contribution is -0.137. The molecule has 0 bridgehead atoms. The Balaban J connectivity index is 2.22. The molecule has 1 aliphatic rings. The molecule has 110 valence electrons. The topological polar surface area (TPSA) is 17.1 Å². The molecule has 0 aromatic heterocycles. The minimum atomic E-state index is -4.35. The number of carbonyl (C=O) groups excluding carboxylic acids is 1. The van der Waals surface area contributed by atoms with Crippen molar-refractivity contribution < 1.29 is 18.0 Å². The second kappa shape index (κ2) is 5.98. The van der Waals surface area contributed by atoms with Gasteiger partial charge >= 0.3 is 6.18 Å². The van der Waals surface area contributed by atoms with Gasteiger partial charge in [-0.3, -0.25) is 4.79 Å². The normalized spacial score (nSPS) is 17.8. The van der Waals surface area contributed by atoms with E-state index in [9.17, 15) is 18.0 Å². The van der Waals surface area contributed by atoms with Crippen molar-refractivity contribution in [1.29, 1.82) is 0 Å². The minimum Gasteiger partial charge on any atom is -0.294 e. The molecule has 2 rings (SSSR count). The first-order chi connectivity index (χ1) is 9.39. The number of carbonyl (C=O) groups is 1. The molecule has 0 atom stereocenters. The van der Waals surface area contributed by atoms with E-state index in [2.05, 4.69) is 0 Å². The average Bonchev–Trinajstić information content (AvgIpc) is 2.65. The van der Waals surface area contributed by atoms with E-state index in [1.54, 1.807) is 6.92 Å². The molecule has 0 unspecified atom stereocenters. The third-order valence-electron chi connectivity index (χ3n) is 4.05. The summed E-state index contributed by atoms with van der Waals surface area (Å²) < 4.78 is 37.9. The third-order valence-corrected chi connectivity index (χ3v) is 4.05. The quantitative estimate of drug-likeness (QED) is 0.541. The zero-order valence-electron chi connectivity index (χ0n) is 11.6. The molecule has 0 aliphatic heterocycles. The first-order valence-electron chi connectivity index (χ1n) is 7.11. The van der Waals surface area contributed by atoms with Gasteiger partial charge in [-0.1, -0.05) is 31.7 Å². The van der Waals surface area contributed by atoms with E-state index < -0.39 is 11.7 Å². The highest BCUT2D eigenvalue weighted by molar-refractivity contribution is 5.99. The average molecular weight is 284 g/mol. The lowest BCUT2D eigenvalue weighted by Crippen LogP contribution is -2.16. The van der Waals surface area contributed by atoms with E-state index in [-0.39, 0.29) is 11.7 Å². The van der Waals surface area contributed by atoms with Crippen molar-refractivity contribution in [3.05, 3.63) is 34.9 Å². The lowest BCUT2D eigenvalue weighted by atomic mass is 9.88. The number of Topliss-reactive ketones (excluding diaryl/α,β-unsaturated/α-hetero) is 1. The van der Waals surface area contributed by atoms with Gasteiger partial charge in [0.1, 0.15) is 0 Å². The number of benzene rings is 1. The first kappa shape index (κ1) is 15.1. The Kier molecular flexibility index (Phi) is 4.51. The van der Waals surface area contributed by atoms with E-state index in [0.717, 1.165) is 50.7 Å². The molecule has 20 heavy (non-hydrogen) atoms. The summed E-state index contributed by atoms with van der Waals surface area (Å²) in [6.07, 6.45) is 1.74. The maximum atomic E-state index is 12.6. The Morgan fingerprint density at radius 1 is 1.10 bits per heavy atom. The van der Waals surface area contributed by atoms with Gasteiger partial charge in [0, 0.05) is 11.5 Å². The van der Waals surface area contributed by atoms with Crippen LogP contribution in [0.25, 0.3) is 0 Å². The monoisotopic (exact) mass is 284 g/mol. The van der Waals surface area contributed by atoms with Crippen molar-refractivity contribution in [2.75, 3.05) is 0 Å². The molecule has 0 spiro atoms. The van der Waals surface area contributed by atoms with Crippen LogP contribution >= 0.6 is 0 Å². The van der Waals surface area contributed by atoms with Crippen molar-refractivity contribution >= 4 is 5.78 Å². The highest BCUT2D eigenvalue weighted by Crippen LogP contribution is 2.32. The molecule has 1 nitrogen and oxygen atoms in total. The van der Waals surface area contributed by atoms with Crippen LogP contribution in [0.15, 0.2) is 18.2 Å². The smallest absolute Gasteiger partial charge is 0.294 e. The number of alkyl halides is 3. The molecule has 1 aliphatic carbocycles. The van der Waals surface area contributed by atoms with Crippen molar-refractivity contribution in [2.24, 2.45) is 5.92 Å². The Morgan fingerprint density at radius 2 is 1.70 bits per heavy atom. The summed E-state index contributed by atoms with van der Waals surface area (Å²) in [5.74, 6) is -0.00828. The van der Waals surface area contributed by atoms with Crippen LogP contribution in [0.5, 0.6) is 0 Å². The van der Waals surface area contributed by atoms with Gasteiger partial charge in [0.15, 0.2) is 5.78 Å². The van der Waals surface area contributed by atoms with Crippen molar-refractivity contribution in [3.63, 3.8) is 0 Å². The molecule has 1 aromatic rings. The SMILES string of the molecule is Cc1cc(C(F)(F)F)ccc1C(=O)C1CCCCCC1. The number of aryl methyl sites for hydroxylation is 1. The van der Waals surface area contributed by atoms with Crippen LogP contribution in [0.4, 0.5) is 13.2 Å². The minimum absolute atomic E-state index is 0.0122. The maximum absolute atomic E-state index is 12.6. The van der Waals surface area contributed by atoms with Gasteiger partial charge in [0.2, 0.25) is 0 Å². The molecule has 0 amide bonds. The molecule has 0 radical (unpaired) electrons. The Hall–Kier alpha value is -1.32. The standard InChI is InChI=1S/C16H19F3O/c1-11-10-13(16(17,18)19)8-9-14(11)15(20)12-6-4-2-3-5-7-12/h8-10,12H,2-7H2,1H3. The van der Waals surface area contributed by atoms with Crippen LogP contribution in [0.3, 0.4) is 0 Å². The first-order valence-corrected chi connectivity index (χ1v) is 7.11. The van der Waals surface area contributed by atoms with Crippen molar-refractivity contribution in [2.45, 2.75) is 51.6 Å². The Labute approximate surface area is 117 Å². The molecule has 4 heteroatoms. The van der Waals surface area contributed by atoms with E-state index in [4.69, 9.17) is 0 Å². The van der Waals surface area contributed by atoms with Crippen LogP contribution < -0.4 is 0 Å². The summed E-state index contributed by atoms with van der Waals surface area (Å²) in [4.78, 5) is 12.5. The van der Waals surface area contributed by atoms with Gasteiger partial charge in [-0.25, -0.2) is 0 Å². The van der Waals surface area contributed by atoms with Gasteiger partial charge in [-0.2, -0.15) is 13.2 Å². The molecular formula is C16H19F3O. The molecule has 0 N–H and O–H groups in total. The summed E-state index contributed by atoms with van der Waals surface area (Å²) in [5, 5.41) is 0. The number of rotatable bonds is 2. The number of hydrogen-bond donors (Lipinski definition) is 0. The van der Waals surface area contributed by atoms with Crippen LogP contribution in [-0.4, -0.2) is 5.78 Å². The Bertz CT molecular complexity index is 483.